The molecule has 0 saturated heterocycles. The van der Waals surface area contributed by atoms with Gasteiger partial charge in [0.2, 0.25) is 0 Å². The van der Waals surface area contributed by atoms with Crippen LogP contribution in [0.25, 0.3) is 16.8 Å². The first kappa shape index (κ1) is 16.1. The molecule has 3 aromatic rings. The summed E-state index contributed by atoms with van der Waals surface area (Å²) in [5, 5.41) is 18.3. The predicted molar refractivity (Wildman–Crippen MR) is 98.0 cm³/mol. The zero-order valence-electron chi connectivity index (χ0n) is 13.5. The average Bonchev–Trinajstić information content (AvgIpc) is 3.18. The number of aliphatic hydroxyl groups excluding tert-OH is 1. The number of pyridine rings is 1. The maximum Gasteiger partial charge on any atom is 0.251 e. The molecule has 1 aliphatic carbocycles. The Kier molecular flexibility index (Phi) is 3.50. The summed E-state index contributed by atoms with van der Waals surface area (Å²) in [5.41, 5.74) is 3.17. The van der Waals surface area contributed by atoms with E-state index in [1.807, 2.05) is 12.1 Å². The summed E-state index contributed by atoms with van der Waals surface area (Å²) in [6.45, 7) is -0.00666. The third-order valence-corrected chi connectivity index (χ3v) is 5.72. The fourth-order valence-corrected chi connectivity index (χ4v) is 4.38. The third kappa shape index (κ3) is 2.33. The standard InChI is InChI=1S/C18H14Cl2N4O2/c19-10-1-2-14(23-7-17(20)21-22-23)11(5-10)9-3-15-12-6-13(12)16(8-25)24(15)18(26)4-9/h1-5,7,12-13,16,25H,6,8H2/t12-,13+,16-/m1/s1. The van der Waals surface area contributed by atoms with E-state index in [0.29, 0.717) is 16.9 Å². The highest BCUT2D eigenvalue weighted by Crippen LogP contribution is 2.58. The molecular formula is C18H14Cl2N4O2. The molecule has 1 N–H and O–H groups in total. The summed E-state index contributed by atoms with van der Waals surface area (Å²) in [5.74, 6) is 0.721. The lowest BCUT2D eigenvalue weighted by Gasteiger charge is -2.17. The van der Waals surface area contributed by atoms with Gasteiger partial charge in [0.15, 0.2) is 5.15 Å². The summed E-state index contributed by atoms with van der Waals surface area (Å²) in [7, 11) is 0. The minimum Gasteiger partial charge on any atom is -0.394 e. The molecule has 132 valence electrons. The molecule has 2 aromatic heterocycles. The fraction of sp³-hybridized carbons (Fsp3) is 0.278. The van der Waals surface area contributed by atoms with E-state index in [-0.39, 0.29) is 23.4 Å². The van der Waals surface area contributed by atoms with Gasteiger partial charge in [-0.3, -0.25) is 4.79 Å². The van der Waals surface area contributed by atoms with Crippen molar-refractivity contribution in [1.82, 2.24) is 19.6 Å². The number of halogens is 2. The smallest absolute Gasteiger partial charge is 0.251 e. The van der Waals surface area contributed by atoms with Crippen molar-refractivity contribution in [3.8, 4) is 16.8 Å². The Morgan fingerprint density at radius 1 is 1.23 bits per heavy atom. The molecule has 1 saturated carbocycles. The van der Waals surface area contributed by atoms with Gasteiger partial charge in [-0.2, -0.15) is 0 Å². The molecule has 0 bridgehead atoms. The van der Waals surface area contributed by atoms with Crippen molar-refractivity contribution in [2.75, 3.05) is 6.61 Å². The van der Waals surface area contributed by atoms with Crippen LogP contribution in [0.3, 0.4) is 0 Å². The fourth-order valence-electron chi connectivity index (χ4n) is 4.09. The molecule has 0 amide bonds. The van der Waals surface area contributed by atoms with E-state index in [9.17, 15) is 9.90 Å². The van der Waals surface area contributed by atoms with E-state index in [2.05, 4.69) is 10.3 Å². The molecule has 1 aromatic carbocycles. The first-order chi connectivity index (χ1) is 12.6. The maximum absolute atomic E-state index is 12.7. The molecule has 3 heterocycles. The topological polar surface area (TPSA) is 72.9 Å². The Labute approximate surface area is 158 Å². The van der Waals surface area contributed by atoms with Crippen molar-refractivity contribution in [2.24, 2.45) is 5.92 Å². The highest BCUT2D eigenvalue weighted by Gasteiger charge is 2.52. The van der Waals surface area contributed by atoms with Crippen LogP contribution in [-0.2, 0) is 0 Å². The molecule has 1 fully saturated rings. The van der Waals surface area contributed by atoms with Crippen LogP contribution in [0.2, 0.25) is 10.2 Å². The second kappa shape index (κ2) is 5.67. The van der Waals surface area contributed by atoms with Crippen molar-refractivity contribution in [2.45, 2.75) is 18.4 Å². The second-order valence-corrected chi connectivity index (χ2v) is 7.60. The Bertz CT molecular complexity index is 1090. The minimum absolute atomic E-state index is 0.00666. The second-order valence-electron chi connectivity index (χ2n) is 6.78. The molecule has 0 radical (unpaired) electrons. The van der Waals surface area contributed by atoms with Crippen LogP contribution in [0, 0.1) is 5.92 Å². The van der Waals surface area contributed by atoms with E-state index in [0.717, 1.165) is 28.9 Å². The van der Waals surface area contributed by atoms with Crippen molar-refractivity contribution in [3.63, 3.8) is 0 Å². The number of benzene rings is 1. The monoisotopic (exact) mass is 388 g/mol. The molecule has 1 aliphatic heterocycles. The summed E-state index contributed by atoms with van der Waals surface area (Å²) in [6, 6.07) is 8.89. The Balaban J connectivity index is 1.70. The largest absolute Gasteiger partial charge is 0.394 e. The van der Waals surface area contributed by atoms with Gasteiger partial charge in [0.25, 0.3) is 5.56 Å². The number of aliphatic hydroxyl groups is 1. The quantitative estimate of drug-likeness (QED) is 0.748. The van der Waals surface area contributed by atoms with Crippen LogP contribution in [0.4, 0.5) is 0 Å². The summed E-state index contributed by atoms with van der Waals surface area (Å²) < 4.78 is 3.30. The molecule has 26 heavy (non-hydrogen) atoms. The zero-order chi connectivity index (χ0) is 18.0. The summed E-state index contributed by atoms with van der Waals surface area (Å²) >= 11 is 12.1. The van der Waals surface area contributed by atoms with E-state index in [1.165, 1.54) is 0 Å². The van der Waals surface area contributed by atoms with E-state index >= 15 is 0 Å². The molecular weight excluding hydrogens is 375 g/mol. The maximum atomic E-state index is 12.7. The Morgan fingerprint density at radius 3 is 2.81 bits per heavy atom. The highest BCUT2D eigenvalue weighted by molar-refractivity contribution is 6.31. The van der Waals surface area contributed by atoms with Gasteiger partial charge < -0.3 is 9.67 Å². The van der Waals surface area contributed by atoms with Crippen LogP contribution >= 0.6 is 23.2 Å². The van der Waals surface area contributed by atoms with Gasteiger partial charge in [0, 0.05) is 28.3 Å². The number of hydrogen-bond donors (Lipinski definition) is 1. The predicted octanol–water partition coefficient (Wildman–Crippen LogP) is 3.05. The lowest BCUT2D eigenvalue weighted by molar-refractivity contribution is 0.217. The van der Waals surface area contributed by atoms with Gasteiger partial charge >= 0.3 is 0 Å². The summed E-state index contributed by atoms with van der Waals surface area (Å²) in [6.07, 6.45) is 2.63. The number of aromatic nitrogens is 4. The number of nitrogens with zero attached hydrogens (tertiary/aromatic N) is 4. The van der Waals surface area contributed by atoms with E-state index < -0.39 is 0 Å². The average molecular weight is 389 g/mol. The van der Waals surface area contributed by atoms with Gasteiger partial charge in [-0.05, 0) is 42.2 Å². The first-order valence-electron chi connectivity index (χ1n) is 8.32. The van der Waals surface area contributed by atoms with Crippen molar-refractivity contribution < 1.29 is 5.11 Å². The van der Waals surface area contributed by atoms with Crippen LogP contribution in [0.1, 0.15) is 24.1 Å². The minimum atomic E-state index is -0.107. The molecule has 8 heteroatoms. The van der Waals surface area contributed by atoms with Crippen LogP contribution < -0.4 is 5.56 Å². The van der Waals surface area contributed by atoms with Crippen molar-refractivity contribution in [3.05, 3.63) is 62.8 Å². The zero-order valence-corrected chi connectivity index (χ0v) is 15.0. The summed E-state index contributed by atoms with van der Waals surface area (Å²) in [4.78, 5) is 12.7. The van der Waals surface area contributed by atoms with Gasteiger partial charge in [-0.1, -0.05) is 28.4 Å². The van der Waals surface area contributed by atoms with Gasteiger partial charge in [-0.25, -0.2) is 4.68 Å². The first-order valence-corrected chi connectivity index (χ1v) is 9.08. The molecule has 0 unspecified atom stereocenters. The Morgan fingerprint density at radius 2 is 2.08 bits per heavy atom. The number of fused-ring (bicyclic) bond motifs is 3. The molecule has 3 atom stereocenters. The lowest BCUT2D eigenvalue weighted by Crippen LogP contribution is -2.26. The lowest BCUT2D eigenvalue weighted by atomic mass is 10.0. The third-order valence-electron chi connectivity index (χ3n) is 5.31. The number of hydrogen-bond acceptors (Lipinski definition) is 4. The van der Waals surface area contributed by atoms with E-state index in [1.54, 1.807) is 33.6 Å². The molecule has 6 nitrogen and oxygen atoms in total. The highest BCUT2D eigenvalue weighted by atomic mass is 35.5. The number of rotatable bonds is 3. The molecule has 5 rings (SSSR count). The van der Waals surface area contributed by atoms with Gasteiger partial charge in [-0.15, -0.1) is 5.10 Å². The Hall–Kier alpha value is -2.15. The van der Waals surface area contributed by atoms with Crippen molar-refractivity contribution >= 4 is 23.2 Å². The normalized spacial score (nSPS) is 23.0. The van der Waals surface area contributed by atoms with Crippen LogP contribution in [0.5, 0.6) is 0 Å². The van der Waals surface area contributed by atoms with E-state index in [4.69, 9.17) is 23.2 Å². The van der Waals surface area contributed by atoms with Crippen molar-refractivity contribution in [1.29, 1.82) is 0 Å². The molecule has 2 aliphatic rings. The van der Waals surface area contributed by atoms with Gasteiger partial charge in [0.05, 0.1) is 24.5 Å². The van der Waals surface area contributed by atoms with Gasteiger partial charge in [0.1, 0.15) is 0 Å². The SMILES string of the molecule is O=c1cc(-c2cc(Cl)ccc2-n2cc(Cl)nn2)cc2n1[C@H](CO)[C@H]1C[C@@H]21. The van der Waals surface area contributed by atoms with Crippen LogP contribution in [0.15, 0.2) is 41.3 Å². The van der Waals surface area contributed by atoms with Crippen LogP contribution in [-0.4, -0.2) is 31.3 Å². The molecule has 0 spiro atoms.